The molecule has 2 aromatic rings. The zero-order valence-electron chi connectivity index (χ0n) is 21.7. The number of rotatable bonds is 10. The maximum absolute atomic E-state index is 12.3. The molecule has 6 heteroatoms. The smallest absolute Gasteiger partial charge is 0.231 e. The quantitative estimate of drug-likeness (QED) is 0.261. The highest BCUT2D eigenvalue weighted by Gasteiger charge is 2.46. The minimum atomic E-state index is -2.12. The fraction of sp³-hybridized carbons (Fsp3) is 0.483. The molecule has 2 aliphatic rings. The van der Waals surface area contributed by atoms with Crippen LogP contribution in [0.25, 0.3) is 6.08 Å². The van der Waals surface area contributed by atoms with Crippen LogP contribution in [-0.4, -0.2) is 28.0 Å². The van der Waals surface area contributed by atoms with Gasteiger partial charge in [0.25, 0.3) is 0 Å². The lowest BCUT2D eigenvalue weighted by Crippen LogP contribution is -2.49. The third-order valence-electron chi connectivity index (χ3n) is 7.63. The Morgan fingerprint density at radius 2 is 1.60 bits per heavy atom. The van der Waals surface area contributed by atoms with Crippen LogP contribution >= 0.6 is 0 Å². The van der Waals surface area contributed by atoms with Crippen molar-refractivity contribution in [2.24, 2.45) is 5.92 Å². The fourth-order valence-electron chi connectivity index (χ4n) is 6.03. The number of benzene rings is 2. The molecule has 0 aromatic heterocycles. The second-order valence-electron chi connectivity index (χ2n) is 10.5. The van der Waals surface area contributed by atoms with Crippen molar-refractivity contribution in [3.8, 4) is 11.5 Å². The molecule has 188 valence electrons. The predicted octanol–water partition coefficient (Wildman–Crippen LogP) is 7.08. The van der Waals surface area contributed by atoms with Gasteiger partial charge in [-0.2, -0.15) is 0 Å². The summed E-state index contributed by atoms with van der Waals surface area (Å²) in [7, 11) is -2.12. The Kier molecular flexibility index (Phi) is 7.84. The molecule has 0 bridgehead atoms. The third-order valence-corrected chi connectivity index (χ3v) is 13.7. The molecular formula is C29H38O5Si. The van der Waals surface area contributed by atoms with Gasteiger partial charge in [-0.1, -0.05) is 71.9 Å². The molecule has 0 saturated carbocycles. The third kappa shape index (κ3) is 4.97. The molecule has 2 aromatic carbocycles. The topological polar surface area (TPSA) is 54.0 Å². The average Bonchev–Trinajstić information content (AvgIpc) is 3.29. The van der Waals surface area contributed by atoms with Crippen LogP contribution < -0.4 is 9.47 Å². The van der Waals surface area contributed by atoms with E-state index in [1.54, 1.807) is 0 Å². The molecule has 5 nitrogen and oxygen atoms in total. The molecule has 0 N–H and O–H groups in total. The number of hydrogen-bond donors (Lipinski definition) is 0. The summed E-state index contributed by atoms with van der Waals surface area (Å²) < 4.78 is 24.8. The first kappa shape index (κ1) is 25.7. The van der Waals surface area contributed by atoms with Gasteiger partial charge in [0.15, 0.2) is 19.8 Å². The van der Waals surface area contributed by atoms with Crippen LogP contribution in [-0.2, 0) is 20.6 Å². The Labute approximate surface area is 210 Å². The summed E-state index contributed by atoms with van der Waals surface area (Å²) in [5, 5.41) is 0. The molecule has 0 unspecified atom stereocenters. The van der Waals surface area contributed by atoms with E-state index in [0.717, 1.165) is 28.7 Å². The number of ether oxygens (including phenoxy) is 3. The Hall–Kier alpha value is -2.41. The molecule has 2 atom stereocenters. The second kappa shape index (κ2) is 10.7. The molecular weight excluding hydrogens is 456 g/mol. The first-order valence-corrected chi connectivity index (χ1v) is 14.8. The molecule has 1 heterocycles. The Morgan fingerprint density at radius 3 is 2.20 bits per heavy atom. The van der Waals surface area contributed by atoms with Crippen LogP contribution in [0.5, 0.6) is 11.5 Å². The summed E-state index contributed by atoms with van der Waals surface area (Å²) in [6, 6.07) is 14.1. The number of hydrogen-bond acceptors (Lipinski definition) is 5. The van der Waals surface area contributed by atoms with Crippen LogP contribution in [0, 0.1) is 5.92 Å². The lowest BCUT2D eigenvalue weighted by atomic mass is 9.81. The van der Waals surface area contributed by atoms with Gasteiger partial charge in [0.05, 0.1) is 12.7 Å². The summed E-state index contributed by atoms with van der Waals surface area (Å²) in [6.45, 7) is 14.8. The lowest BCUT2D eigenvalue weighted by molar-refractivity contribution is -0.106. The van der Waals surface area contributed by atoms with E-state index < -0.39 is 8.32 Å². The van der Waals surface area contributed by atoms with Crippen molar-refractivity contribution < 1.29 is 23.4 Å². The normalized spacial score (nSPS) is 19.3. The zero-order chi connectivity index (χ0) is 25.2. The van der Waals surface area contributed by atoms with Gasteiger partial charge in [-0.25, -0.2) is 0 Å². The molecule has 0 saturated heterocycles. The van der Waals surface area contributed by atoms with E-state index in [1.807, 2.05) is 36.4 Å². The van der Waals surface area contributed by atoms with Gasteiger partial charge in [0.2, 0.25) is 6.79 Å². The summed E-state index contributed by atoms with van der Waals surface area (Å²) in [6.07, 6.45) is 2.59. The largest absolute Gasteiger partial charge is 0.454 e. The van der Waals surface area contributed by atoms with Crippen molar-refractivity contribution in [2.45, 2.75) is 70.9 Å². The van der Waals surface area contributed by atoms with E-state index in [4.69, 9.17) is 18.6 Å². The van der Waals surface area contributed by atoms with Crippen LogP contribution in [0.15, 0.2) is 48.0 Å². The van der Waals surface area contributed by atoms with Crippen molar-refractivity contribution in [3.05, 3.63) is 64.7 Å². The van der Waals surface area contributed by atoms with Crippen LogP contribution in [0.2, 0.25) is 16.6 Å². The Bertz CT molecular complexity index is 1040. The van der Waals surface area contributed by atoms with Crippen molar-refractivity contribution in [2.75, 3.05) is 13.4 Å². The monoisotopic (exact) mass is 494 g/mol. The summed E-state index contributed by atoms with van der Waals surface area (Å²) in [5.41, 5.74) is 5.11. The predicted molar refractivity (Wildman–Crippen MR) is 141 cm³/mol. The molecule has 4 rings (SSSR count). The second-order valence-corrected chi connectivity index (χ2v) is 16.0. The van der Waals surface area contributed by atoms with Crippen molar-refractivity contribution >= 4 is 20.7 Å². The zero-order valence-corrected chi connectivity index (χ0v) is 22.7. The summed E-state index contributed by atoms with van der Waals surface area (Å²) >= 11 is 0. The molecule has 0 spiro atoms. The molecule has 0 radical (unpaired) electrons. The van der Waals surface area contributed by atoms with E-state index in [-0.39, 0.29) is 18.8 Å². The number of carbonyl (C=O) groups is 1. The maximum Gasteiger partial charge on any atom is 0.231 e. The standard InChI is InChI=1S/C29H38O5Si/c1-19(2)35(20(3)4,21(5)6)34-17-26-24(15-30)12-23-13-27-28(33-18-32-27)14-25(23)29(26)31-16-22-10-8-7-9-11-22/h7-15,19-21,26,29H,16-18H2,1-6H3/t26-,29-/m0/s1. The lowest BCUT2D eigenvalue weighted by Gasteiger charge is -2.44. The van der Waals surface area contributed by atoms with Crippen LogP contribution in [0.4, 0.5) is 0 Å². The van der Waals surface area contributed by atoms with E-state index >= 15 is 0 Å². The van der Waals surface area contributed by atoms with E-state index in [9.17, 15) is 4.79 Å². The Balaban J connectivity index is 1.71. The highest BCUT2D eigenvalue weighted by atomic mass is 28.4. The molecule has 1 aliphatic carbocycles. The van der Waals surface area contributed by atoms with Gasteiger partial charge in [-0.05, 0) is 51.5 Å². The molecule has 35 heavy (non-hydrogen) atoms. The van der Waals surface area contributed by atoms with Crippen molar-refractivity contribution in [1.82, 2.24) is 0 Å². The molecule has 0 fully saturated rings. The highest BCUT2D eigenvalue weighted by Crippen LogP contribution is 2.47. The van der Waals surface area contributed by atoms with Crippen molar-refractivity contribution in [1.29, 1.82) is 0 Å². The first-order chi connectivity index (χ1) is 16.8. The number of carbonyl (C=O) groups excluding carboxylic acids is 1. The van der Waals surface area contributed by atoms with Gasteiger partial charge < -0.3 is 18.6 Å². The number of fused-ring (bicyclic) bond motifs is 2. The molecule has 1 aliphatic heterocycles. The first-order valence-electron chi connectivity index (χ1n) is 12.7. The van der Waals surface area contributed by atoms with Crippen LogP contribution in [0.1, 0.15) is 64.3 Å². The van der Waals surface area contributed by atoms with E-state index in [2.05, 4.69) is 53.7 Å². The minimum Gasteiger partial charge on any atom is -0.454 e. The van der Waals surface area contributed by atoms with Crippen LogP contribution in [0.3, 0.4) is 0 Å². The van der Waals surface area contributed by atoms with Gasteiger partial charge in [0.1, 0.15) is 6.29 Å². The van der Waals surface area contributed by atoms with Gasteiger partial charge >= 0.3 is 0 Å². The number of aldehydes is 1. The minimum absolute atomic E-state index is 0.202. The highest BCUT2D eigenvalue weighted by molar-refractivity contribution is 6.77. The fourth-order valence-corrected chi connectivity index (χ4v) is 11.5. The van der Waals surface area contributed by atoms with Crippen molar-refractivity contribution in [3.63, 3.8) is 0 Å². The van der Waals surface area contributed by atoms with E-state index in [1.165, 1.54) is 0 Å². The van der Waals surface area contributed by atoms with Gasteiger partial charge in [-0.3, -0.25) is 4.79 Å². The molecule has 0 amide bonds. The summed E-state index contributed by atoms with van der Waals surface area (Å²) in [5.74, 6) is 1.22. The van der Waals surface area contributed by atoms with E-state index in [0.29, 0.717) is 41.2 Å². The Morgan fingerprint density at radius 1 is 0.971 bits per heavy atom. The maximum atomic E-state index is 12.3. The van der Waals surface area contributed by atoms with Gasteiger partial charge in [-0.15, -0.1) is 0 Å². The SMILES string of the molecule is CC(C)[Si](OC[C@H]1C(C=O)=Cc2cc3c(cc2[C@@H]1OCc1ccccc1)OCO3)(C(C)C)C(C)C. The summed E-state index contributed by atoms with van der Waals surface area (Å²) in [4.78, 5) is 12.3. The van der Waals surface area contributed by atoms with Gasteiger partial charge in [0, 0.05) is 18.1 Å². The average molecular weight is 495 g/mol.